The summed E-state index contributed by atoms with van der Waals surface area (Å²) in [5.41, 5.74) is -0.815. The van der Waals surface area contributed by atoms with Crippen LogP contribution in [0.15, 0.2) is 0 Å². The van der Waals surface area contributed by atoms with Gasteiger partial charge in [0.2, 0.25) is 0 Å². The van der Waals surface area contributed by atoms with Crippen molar-refractivity contribution in [3.05, 3.63) is 0 Å². The van der Waals surface area contributed by atoms with E-state index in [2.05, 4.69) is 0 Å². The first-order chi connectivity index (χ1) is 4.67. The third kappa shape index (κ3) is 2.78. The minimum Gasteiger partial charge on any atom is -0.450 e. The number of hydrogen-bond donors (Lipinski definition) is 1. The molecule has 0 heterocycles. The zero-order chi connectivity index (χ0) is 9.28. The van der Waals surface area contributed by atoms with Crippen LogP contribution in [0, 0.1) is 5.41 Å². The van der Waals surface area contributed by atoms with Crippen molar-refractivity contribution in [2.24, 2.45) is 5.41 Å². The Bertz CT molecular complexity index is 153. The molecule has 0 atom stereocenters. The number of carbonyl (C=O) groups is 1. The van der Waals surface area contributed by atoms with Crippen LogP contribution < -0.4 is 0 Å². The van der Waals surface area contributed by atoms with Gasteiger partial charge in [-0.05, 0) is 13.8 Å². The number of carboxylic acid groups (broad SMARTS) is 1. The molecule has 0 spiro atoms. The fourth-order valence-electron chi connectivity index (χ4n) is 0.371. The van der Waals surface area contributed by atoms with E-state index in [1.807, 2.05) is 20.8 Å². The van der Waals surface area contributed by atoms with Gasteiger partial charge in [-0.25, -0.2) is 4.79 Å². The number of rotatable bonds is 1. The highest BCUT2D eigenvalue weighted by atomic mass is 16.7. The van der Waals surface area contributed by atoms with Crippen molar-refractivity contribution in [3.8, 4) is 0 Å². The van der Waals surface area contributed by atoms with Crippen molar-refractivity contribution in [3.63, 3.8) is 0 Å². The maximum Gasteiger partial charge on any atom is 0.506 e. The summed E-state index contributed by atoms with van der Waals surface area (Å²) >= 11 is 0. The van der Waals surface area contributed by atoms with Gasteiger partial charge in [-0.1, -0.05) is 20.8 Å². The van der Waals surface area contributed by atoms with Crippen molar-refractivity contribution in [2.45, 2.75) is 40.2 Å². The second-order valence-corrected chi connectivity index (χ2v) is 4.13. The van der Waals surface area contributed by atoms with Gasteiger partial charge in [-0.2, -0.15) is 0 Å². The second kappa shape index (κ2) is 2.72. The van der Waals surface area contributed by atoms with Crippen molar-refractivity contribution in [1.29, 1.82) is 0 Å². The molecule has 0 aromatic heterocycles. The smallest absolute Gasteiger partial charge is 0.450 e. The molecule has 3 heteroatoms. The molecule has 0 amide bonds. The molecule has 66 valence electrons. The van der Waals surface area contributed by atoms with Gasteiger partial charge in [0, 0.05) is 5.41 Å². The molecular weight excluding hydrogens is 144 g/mol. The zero-order valence-electron chi connectivity index (χ0n) is 7.76. The molecule has 0 saturated heterocycles. The Labute approximate surface area is 67.4 Å². The van der Waals surface area contributed by atoms with Gasteiger partial charge in [-0.3, -0.25) is 0 Å². The van der Waals surface area contributed by atoms with Crippen LogP contribution >= 0.6 is 0 Å². The minimum atomic E-state index is -1.22. The molecule has 0 rings (SSSR count). The van der Waals surface area contributed by atoms with Gasteiger partial charge in [0.1, 0.15) is 5.60 Å². The molecule has 0 aliphatic rings. The van der Waals surface area contributed by atoms with Crippen LogP contribution in [0.5, 0.6) is 0 Å². The highest BCUT2D eigenvalue weighted by Crippen LogP contribution is 2.32. The molecule has 0 saturated carbocycles. The Morgan fingerprint density at radius 2 is 1.55 bits per heavy atom. The lowest BCUT2D eigenvalue weighted by Crippen LogP contribution is -2.40. The monoisotopic (exact) mass is 160 g/mol. The fourth-order valence-corrected chi connectivity index (χ4v) is 0.371. The van der Waals surface area contributed by atoms with E-state index < -0.39 is 11.8 Å². The topological polar surface area (TPSA) is 46.5 Å². The van der Waals surface area contributed by atoms with Crippen LogP contribution in [0.2, 0.25) is 0 Å². The molecule has 0 unspecified atom stereocenters. The molecular formula is C8H16O3. The van der Waals surface area contributed by atoms with Crippen LogP contribution in [0.4, 0.5) is 4.79 Å². The maximum absolute atomic E-state index is 10.2. The molecule has 0 aliphatic carbocycles. The first-order valence-corrected chi connectivity index (χ1v) is 3.59. The van der Waals surface area contributed by atoms with E-state index in [1.165, 1.54) is 0 Å². The summed E-state index contributed by atoms with van der Waals surface area (Å²) in [5, 5.41) is 8.39. The summed E-state index contributed by atoms with van der Waals surface area (Å²) in [6.07, 6.45) is -1.22. The van der Waals surface area contributed by atoms with E-state index >= 15 is 0 Å². The molecule has 0 bridgehead atoms. The van der Waals surface area contributed by atoms with E-state index in [0.717, 1.165) is 0 Å². The predicted octanol–water partition coefficient (Wildman–Crippen LogP) is 2.51. The Morgan fingerprint density at radius 1 is 1.18 bits per heavy atom. The summed E-state index contributed by atoms with van der Waals surface area (Å²) in [7, 11) is 0. The summed E-state index contributed by atoms with van der Waals surface area (Å²) < 4.78 is 4.72. The van der Waals surface area contributed by atoms with Gasteiger partial charge in [0.05, 0.1) is 0 Å². The lowest BCUT2D eigenvalue weighted by Gasteiger charge is -2.36. The normalized spacial score (nSPS) is 12.8. The van der Waals surface area contributed by atoms with E-state index in [0.29, 0.717) is 0 Å². The summed E-state index contributed by atoms with van der Waals surface area (Å²) in [6, 6.07) is 0. The summed E-state index contributed by atoms with van der Waals surface area (Å²) in [5.74, 6) is 0. The Morgan fingerprint density at radius 3 is 1.64 bits per heavy atom. The second-order valence-electron chi connectivity index (χ2n) is 4.13. The summed E-state index contributed by atoms with van der Waals surface area (Å²) in [4.78, 5) is 10.2. The zero-order valence-corrected chi connectivity index (χ0v) is 7.76. The van der Waals surface area contributed by atoms with E-state index in [4.69, 9.17) is 9.84 Å². The Kier molecular flexibility index (Phi) is 2.54. The average Bonchev–Trinajstić information content (AvgIpc) is 1.56. The molecule has 11 heavy (non-hydrogen) atoms. The van der Waals surface area contributed by atoms with Crippen LogP contribution in [-0.2, 0) is 4.74 Å². The summed E-state index contributed by atoms with van der Waals surface area (Å²) in [6.45, 7) is 9.35. The standard InChI is InChI=1S/C8H16O3/c1-7(2,3)8(4,5)11-6(9)10/h1-5H3,(H,9,10). The van der Waals surface area contributed by atoms with Crippen molar-refractivity contribution in [1.82, 2.24) is 0 Å². The van der Waals surface area contributed by atoms with Crippen LogP contribution in [0.1, 0.15) is 34.6 Å². The van der Waals surface area contributed by atoms with Crippen molar-refractivity contribution < 1.29 is 14.6 Å². The highest BCUT2D eigenvalue weighted by molar-refractivity contribution is 5.57. The van der Waals surface area contributed by atoms with Gasteiger partial charge >= 0.3 is 6.16 Å². The first kappa shape index (κ1) is 10.3. The van der Waals surface area contributed by atoms with Gasteiger partial charge < -0.3 is 9.84 Å². The van der Waals surface area contributed by atoms with Crippen LogP contribution in [0.25, 0.3) is 0 Å². The highest BCUT2D eigenvalue weighted by Gasteiger charge is 2.36. The predicted molar refractivity (Wildman–Crippen MR) is 42.6 cm³/mol. The number of hydrogen-bond acceptors (Lipinski definition) is 2. The Balaban J connectivity index is 4.34. The molecule has 0 radical (unpaired) electrons. The fraction of sp³-hybridized carbons (Fsp3) is 0.875. The van der Waals surface area contributed by atoms with E-state index in [1.54, 1.807) is 13.8 Å². The first-order valence-electron chi connectivity index (χ1n) is 3.59. The van der Waals surface area contributed by atoms with Crippen molar-refractivity contribution in [2.75, 3.05) is 0 Å². The molecule has 3 nitrogen and oxygen atoms in total. The maximum atomic E-state index is 10.2. The largest absolute Gasteiger partial charge is 0.506 e. The van der Waals surface area contributed by atoms with Crippen LogP contribution in [-0.4, -0.2) is 16.9 Å². The number of ether oxygens (including phenoxy) is 1. The molecule has 1 N–H and O–H groups in total. The molecule has 0 aromatic rings. The molecule has 0 aromatic carbocycles. The van der Waals surface area contributed by atoms with Gasteiger partial charge in [-0.15, -0.1) is 0 Å². The lowest BCUT2D eigenvalue weighted by atomic mass is 9.79. The SMILES string of the molecule is CC(C)(C)C(C)(C)OC(=O)O. The van der Waals surface area contributed by atoms with Crippen molar-refractivity contribution >= 4 is 6.16 Å². The Hall–Kier alpha value is -0.730. The molecule has 0 aliphatic heterocycles. The van der Waals surface area contributed by atoms with E-state index in [9.17, 15) is 4.79 Å². The third-order valence-electron chi connectivity index (χ3n) is 2.15. The van der Waals surface area contributed by atoms with E-state index in [-0.39, 0.29) is 5.41 Å². The lowest BCUT2D eigenvalue weighted by molar-refractivity contribution is -0.0607. The quantitative estimate of drug-likeness (QED) is 0.599. The molecule has 0 fully saturated rings. The van der Waals surface area contributed by atoms with Crippen LogP contribution in [0.3, 0.4) is 0 Å². The van der Waals surface area contributed by atoms with Gasteiger partial charge in [0.25, 0.3) is 0 Å². The average molecular weight is 160 g/mol. The van der Waals surface area contributed by atoms with Gasteiger partial charge in [0.15, 0.2) is 0 Å². The third-order valence-corrected chi connectivity index (χ3v) is 2.15. The minimum absolute atomic E-state index is 0.175.